The predicted molar refractivity (Wildman–Crippen MR) is 88.0 cm³/mol. The van der Waals surface area contributed by atoms with Crippen molar-refractivity contribution < 1.29 is 4.74 Å². The highest BCUT2D eigenvalue weighted by Gasteiger charge is 2.12. The van der Waals surface area contributed by atoms with Crippen LogP contribution in [-0.4, -0.2) is 28.3 Å². The van der Waals surface area contributed by atoms with E-state index in [1.807, 2.05) is 18.3 Å². The second-order valence-corrected chi connectivity index (χ2v) is 5.48. The van der Waals surface area contributed by atoms with E-state index in [0.29, 0.717) is 0 Å². The van der Waals surface area contributed by atoms with Crippen LogP contribution in [0.15, 0.2) is 42.6 Å². The van der Waals surface area contributed by atoms with Gasteiger partial charge in [-0.3, -0.25) is 0 Å². The molecule has 2 aromatic heterocycles. The maximum absolute atomic E-state index is 5.18. The first-order valence-electron chi connectivity index (χ1n) is 7.63. The Bertz CT molecular complexity index is 764. The fraction of sp³-hybridized carbons (Fsp3) is 0.333. The van der Waals surface area contributed by atoms with Gasteiger partial charge in [-0.05, 0) is 36.6 Å². The van der Waals surface area contributed by atoms with E-state index in [2.05, 4.69) is 40.7 Å². The molecule has 0 unspecified atom stereocenters. The molecule has 0 saturated carbocycles. The van der Waals surface area contributed by atoms with Crippen LogP contribution in [0.3, 0.4) is 0 Å². The van der Waals surface area contributed by atoms with Gasteiger partial charge < -0.3 is 9.30 Å². The van der Waals surface area contributed by atoms with Crippen LogP contribution < -0.4 is 0 Å². The van der Waals surface area contributed by atoms with Crippen LogP contribution in [-0.2, 0) is 17.7 Å². The predicted octanol–water partition coefficient (Wildman–Crippen LogP) is 3.37. The van der Waals surface area contributed by atoms with E-state index < -0.39 is 0 Å². The largest absolute Gasteiger partial charge is 0.385 e. The van der Waals surface area contributed by atoms with E-state index in [-0.39, 0.29) is 0 Å². The van der Waals surface area contributed by atoms with Gasteiger partial charge >= 0.3 is 0 Å². The minimum absolute atomic E-state index is 0.746. The molecule has 0 saturated heterocycles. The summed E-state index contributed by atoms with van der Waals surface area (Å²) in [5, 5.41) is 0. The van der Waals surface area contributed by atoms with E-state index in [9.17, 15) is 0 Å². The summed E-state index contributed by atoms with van der Waals surface area (Å²) in [5.41, 5.74) is 4.53. The van der Waals surface area contributed by atoms with Crippen LogP contribution in [0.25, 0.3) is 11.2 Å². The molecule has 3 aromatic rings. The zero-order valence-corrected chi connectivity index (χ0v) is 13.1. The number of aromatic nitrogens is 3. The molecule has 0 amide bonds. The summed E-state index contributed by atoms with van der Waals surface area (Å²) in [6.07, 6.45) is 3.61. The first-order valence-corrected chi connectivity index (χ1v) is 7.63. The first kappa shape index (κ1) is 14.7. The third kappa shape index (κ3) is 3.02. The van der Waals surface area contributed by atoms with E-state index in [1.165, 1.54) is 11.1 Å². The molecule has 0 radical (unpaired) electrons. The van der Waals surface area contributed by atoms with Gasteiger partial charge in [0.05, 0.1) is 0 Å². The molecule has 0 atom stereocenters. The van der Waals surface area contributed by atoms with Crippen LogP contribution >= 0.6 is 0 Å². The zero-order chi connectivity index (χ0) is 15.4. The minimum Gasteiger partial charge on any atom is -0.385 e. The van der Waals surface area contributed by atoms with Crippen LogP contribution in [0.4, 0.5) is 0 Å². The molecule has 0 N–H and O–H groups in total. The van der Waals surface area contributed by atoms with Crippen molar-refractivity contribution in [2.45, 2.75) is 26.3 Å². The fourth-order valence-electron chi connectivity index (χ4n) is 2.72. The number of benzene rings is 1. The van der Waals surface area contributed by atoms with Crippen molar-refractivity contribution in [3.63, 3.8) is 0 Å². The van der Waals surface area contributed by atoms with Gasteiger partial charge in [0.1, 0.15) is 11.3 Å². The number of hydrogen-bond donors (Lipinski definition) is 0. The lowest BCUT2D eigenvalue weighted by atomic mass is 10.1. The molecule has 0 bridgehead atoms. The smallest absolute Gasteiger partial charge is 0.159 e. The highest BCUT2D eigenvalue weighted by molar-refractivity contribution is 5.71. The number of aryl methyl sites for hydroxylation is 2. The van der Waals surface area contributed by atoms with Crippen LogP contribution in [0, 0.1) is 6.92 Å². The molecule has 114 valence electrons. The standard InChI is InChI=1S/C18H21N3O/c1-14-7-3-4-8-15(14)13-17-20-16-9-5-10-19-18(16)21(17)11-6-12-22-2/h3-5,7-10H,6,11-13H2,1-2H3. The van der Waals surface area contributed by atoms with Crippen LogP contribution in [0.5, 0.6) is 0 Å². The van der Waals surface area contributed by atoms with Crippen molar-refractivity contribution in [3.8, 4) is 0 Å². The van der Waals surface area contributed by atoms with Crippen molar-refractivity contribution in [1.29, 1.82) is 0 Å². The molecule has 4 nitrogen and oxygen atoms in total. The summed E-state index contributed by atoms with van der Waals surface area (Å²) in [6.45, 7) is 3.77. The van der Waals surface area contributed by atoms with Crippen molar-refractivity contribution in [2.75, 3.05) is 13.7 Å². The minimum atomic E-state index is 0.746. The molecule has 0 aliphatic carbocycles. The highest BCUT2D eigenvalue weighted by Crippen LogP contribution is 2.19. The molecule has 4 heteroatoms. The Morgan fingerprint density at radius 2 is 2.00 bits per heavy atom. The maximum atomic E-state index is 5.18. The summed E-state index contributed by atoms with van der Waals surface area (Å²) >= 11 is 0. The van der Waals surface area contributed by atoms with Gasteiger partial charge in [-0.2, -0.15) is 0 Å². The average Bonchev–Trinajstić information content (AvgIpc) is 2.88. The third-order valence-electron chi connectivity index (χ3n) is 3.92. The van der Waals surface area contributed by atoms with Gasteiger partial charge in [-0.1, -0.05) is 24.3 Å². The topological polar surface area (TPSA) is 39.9 Å². The Morgan fingerprint density at radius 3 is 2.82 bits per heavy atom. The van der Waals surface area contributed by atoms with Gasteiger partial charge in [0.15, 0.2) is 5.65 Å². The molecule has 0 fully saturated rings. The zero-order valence-electron chi connectivity index (χ0n) is 13.1. The van der Waals surface area contributed by atoms with Crippen molar-refractivity contribution in [3.05, 3.63) is 59.5 Å². The molecular weight excluding hydrogens is 274 g/mol. The van der Waals surface area contributed by atoms with Gasteiger partial charge in [-0.15, -0.1) is 0 Å². The van der Waals surface area contributed by atoms with E-state index in [1.54, 1.807) is 7.11 Å². The Kier molecular flexibility index (Phi) is 4.49. The van der Waals surface area contributed by atoms with E-state index in [0.717, 1.165) is 43.0 Å². The number of ether oxygens (including phenoxy) is 1. The number of imidazole rings is 1. The lowest BCUT2D eigenvalue weighted by molar-refractivity contribution is 0.190. The van der Waals surface area contributed by atoms with Gasteiger partial charge in [0.25, 0.3) is 0 Å². The lowest BCUT2D eigenvalue weighted by Gasteiger charge is -2.10. The molecule has 0 aliphatic heterocycles. The van der Waals surface area contributed by atoms with Gasteiger partial charge in [0.2, 0.25) is 0 Å². The van der Waals surface area contributed by atoms with Gasteiger partial charge in [0, 0.05) is 32.9 Å². The third-order valence-corrected chi connectivity index (χ3v) is 3.92. The number of nitrogens with zero attached hydrogens (tertiary/aromatic N) is 3. The second kappa shape index (κ2) is 6.71. The maximum Gasteiger partial charge on any atom is 0.159 e. The molecule has 0 spiro atoms. The summed E-state index contributed by atoms with van der Waals surface area (Å²) in [4.78, 5) is 9.29. The Balaban J connectivity index is 1.97. The molecule has 22 heavy (non-hydrogen) atoms. The number of hydrogen-bond acceptors (Lipinski definition) is 3. The van der Waals surface area contributed by atoms with Gasteiger partial charge in [-0.25, -0.2) is 9.97 Å². The van der Waals surface area contributed by atoms with Crippen molar-refractivity contribution >= 4 is 11.2 Å². The molecule has 0 aliphatic rings. The molecule has 3 rings (SSSR count). The summed E-state index contributed by atoms with van der Waals surface area (Å²) < 4.78 is 7.40. The number of pyridine rings is 1. The number of methoxy groups -OCH3 is 1. The summed E-state index contributed by atoms with van der Waals surface area (Å²) in [5.74, 6) is 1.07. The number of fused-ring (bicyclic) bond motifs is 1. The van der Waals surface area contributed by atoms with Crippen LogP contribution in [0.1, 0.15) is 23.4 Å². The van der Waals surface area contributed by atoms with Crippen LogP contribution in [0.2, 0.25) is 0 Å². The molecule has 2 heterocycles. The van der Waals surface area contributed by atoms with Crippen molar-refractivity contribution in [1.82, 2.24) is 14.5 Å². The lowest BCUT2D eigenvalue weighted by Crippen LogP contribution is -2.08. The Morgan fingerprint density at radius 1 is 1.14 bits per heavy atom. The first-order chi connectivity index (χ1) is 10.8. The van der Waals surface area contributed by atoms with Crippen molar-refractivity contribution in [2.24, 2.45) is 0 Å². The quantitative estimate of drug-likeness (QED) is 0.655. The molecule has 1 aromatic carbocycles. The summed E-state index contributed by atoms with van der Waals surface area (Å²) in [6, 6.07) is 12.4. The SMILES string of the molecule is COCCCn1c(Cc2ccccc2C)nc2cccnc21. The highest BCUT2D eigenvalue weighted by atomic mass is 16.5. The summed E-state index contributed by atoms with van der Waals surface area (Å²) in [7, 11) is 1.73. The van der Waals surface area contributed by atoms with E-state index >= 15 is 0 Å². The second-order valence-electron chi connectivity index (χ2n) is 5.48. The Hall–Kier alpha value is -2.20. The molecular formula is C18H21N3O. The number of rotatable bonds is 6. The normalized spacial score (nSPS) is 11.2. The average molecular weight is 295 g/mol. The van der Waals surface area contributed by atoms with E-state index in [4.69, 9.17) is 9.72 Å². The Labute approximate surface area is 130 Å². The fourth-order valence-corrected chi connectivity index (χ4v) is 2.72. The monoisotopic (exact) mass is 295 g/mol.